The van der Waals surface area contributed by atoms with E-state index in [0.717, 1.165) is 47.4 Å². The van der Waals surface area contributed by atoms with Crippen molar-refractivity contribution < 1.29 is 14.3 Å². The number of nitrogens with one attached hydrogen (secondary N) is 1. The molecule has 0 aliphatic carbocycles. The van der Waals surface area contributed by atoms with Crippen LogP contribution in [0.15, 0.2) is 53.5 Å². The number of H-pyrrole nitrogens is 1. The van der Waals surface area contributed by atoms with Crippen LogP contribution in [0.1, 0.15) is 38.7 Å². The summed E-state index contributed by atoms with van der Waals surface area (Å²) in [6, 6.07) is 16.4. The number of rotatable bonds is 11. The van der Waals surface area contributed by atoms with Gasteiger partial charge in [-0.05, 0) is 29.7 Å². The van der Waals surface area contributed by atoms with Gasteiger partial charge in [-0.1, -0.05) is 66.5 Å². The van der Waals surface area contributed by atoms with Gasteiger partial charge in [-0.25, -0.2) is 0 Å². The Bertz CT molecular complexity index is 1420. The molecule has 0 fully saturated rings. The van der Waals surface area contributed by atoms with Crippen molar-refractivity contribution in [2.75, 3.05) is 20.8 Å². The van der Waals surface area contributed by atoms with E-state index in [4.69, 9.17) is 19.3 Å². The first-order valence-corrected chi connectivity index (χ1v) is 12.7. The van der Waals surface area contributed by atoms with Gasteiger partial charge >= 0.3 is 5.88 Å². The molecule has 38 heavy (non-hydrogen) atoms. The smallest absolute Gasteiger partial charge is 0.302 e. The Hall–Kier alpha value is -4.22. The Balaban J connectivity index is 1.56. The molecular formula is C27H31N8O3+. The first-order valence-electron chi connectivity index (χ1n) is 12.7. The number of quaternary nitrogens is 1. The number of aromatic nitrogens is 6. The number of ether oxygens (including phenoxy) is 2. The number of hydroxylamine groups is 2. The van der Waals surface area contributed by atoms with Crippen molar-refractivity contribution in [2.24, 2.45) is 4.99 Å². The van der Waals surface area contributed by atoms with Crippen LogP contribution in [0, 0.1) is 0 Å². The predicted molar refractivity (Wildman–Crippen MR) is 144 cm³/mol. The first kappa shape index (κ1) is 25.4. The summed E-state index contributed by atoms with van der Waals surface area (Å²) in [5.41, 5.74) is 5.35. The molecule has 5 rings (SSSR count). The standard InChI is InChI=1S/C27H31N8O3/c1-5-7-12-22-28-23-24(27(37-4)32-31-26(23)36-3)35(22,38-6-2)17-18-13-15-19(16-14-18)20-10-8-9-11-21(20)25-29-33-34-30-25/h8-11,13-16H,5-7,12,17H2,1-4H3,(H,29,30,33,34)/q+1. The number of aliphatic imine (C=N–C) groups is 1. The van der Waals surface area contributed by atoms with Crippen LogP contribution in [0.2, 0.25) is 0 Å². The topological polar surface area (TPSA) is 120 Å². The minimum Gasteiger partial charge on any atom is -0.478 e. The number of hydrogen-bond donors (Lipinski definition) is 1. The third-order valence-electron chi connectivity index (χ3n) is 6.55. The van der Waals surface area contributed by atoms with E-state index in [-0.39, 0.29) is 4.65 Å². The van der Waals surface area contributed by atoms with Gasteiger partial charge in [0.1, 0.15) is 13.2 Å². The Labute approximate surface area is 221 Å². The molecule has 0 saturated heterocycles. The number of amidine groups is 1. The molecule has 1 aliphatic heterocycles. The van der Waals surface area contributed by atoms with E-state index in [2.05, 4.69) is 68.1 Å². The van der Waals surface area contributed by atoms with Gasteiger partial charge < -0.3 is 9.47 Å². The lowest BCUT2D eigenvalue weighted by molar-refractivity contribution is -0.0917. The molecule has 0 amide bonds. The highest BCUT2D eigenvalue weighted by atomic mass is 16.7. The number of tetrazole rings is 1. The maximum absolute atomic E-state index is 6.53. The van der Waals surface area contributed by atoms with Crippen molar-refractivity contribution >= 4 is 17.2 Å². The molecule has 11 heteroatoms. The first-order chi connectivity index (χ1) is 18.6. The van der Waals surface area contributed by atoms with Crippen molar-refractivity contribution in [1.29, 1.82) is 0 Å². The lowest BCUT2D eigenvalue weighted by Crippen LogP contribution is -2.51. The molecule has 1 atom stereocenters. The SMILES string of the molecule is CCCCC1=Nc2c(OC)nnc(OC)c2[N+]1(Cc1ccc(-c2ccccc2-c2nn[nH]n2)cc1)OCC. The van der Waals surface area contributed by atoms with Crippen molar-refractivity contribution in [2.45, 2.75) is 39.7 Å². The monoisotopic (exact) mass is 515 g/mol. The molecule has 1 unspecified atom stereocenters. The zero-order valence-corrected chi connectivity index (χ0v) is 22.0. The van der Waals surface area contributed by atoms with Gasteiger partial charge in [-0.15, -0.1) is 20.4 Å². The molecule has 0 spiro atoms. The third-order valence-corrected chi connectivity index (χ3v) is 6.55. The second kappa shape index (κ2) is 11.0. The molecule has 196 valence electrons. The van der Waals surface area contributed by atoms with Crippen LogP contribution < -0.4 is 14.1 Å². The van der Waals surface area contributed by atoms with E-state index in [1.807, 2.05) is 25.1 Å². The summed E-state index contributed by atoms with van der Waals surface area (Å²) in [6.07, 6.45) is 2.76. The van der Waals surface area contributed by atoms with Gasteiger partial charge in [-0.3, -0.25) is 0 Å². The van der Waals surface area contributed by atoms with Crippen molar-refractivity contribution in [1.82, 2.24) is 35.5 Å². The van der Waals surface area contributed by atoms with Crippen molar-refractivity contribution in [3.8, 4) is 34.3 Å². The fourth-order valence-electron chi connectivity index (χ4n) is 4.83. The summed E-state index contributed by atoms with van der Waals surface area (Å²) >= 11 is 0. The second-order valence-electron chi connectivity index (χ2n) is 8.84. The highest BCUT2D eigenvalue weighted by Crippen LogP contribution is 2.52. The van der Waals surface area contributed by atoms with Gasteiger partial charge in [0.05, 0.1) is 14.2 Å². The van der Waals surface area contributed by atoms with Gasteiger partial charge in [0.15, 0.2) is 0 Å². The van der Waals surface area contributed by atoms with E-state index >= 15 is 0 Å². The maximum Gasteiger partial charge on any atom is 0.302 e. The average Bonchev–Trinajstić information content (AvgIpc) is 3.60. The largest absolute Gasteiger partial charge is 0.478 e. The van der Waals surface area contributed by atoms with Crippen LogP contribution in [0.3, 0.4) is 0 Å². The molecule has 11 nitrogen and oxygen atoms in total. The second-order valence-corrected chi connectivity index (χ2v) is 8.84. The summed E-state index contributed by atoms with van der Waals surface area (Å²) < 4.78 is 11.2. The Kier molecular flexibility index (Phi) is 7.38. The average molecular weight is 516 g/mol. The quantitative estimate of drug-likeness (QED) is 0.276. The molecule has 0 radical (unpaired) electrons. The molecule has 0 bridgehead atoms. The summed E-state index contributed by atoms with van der Waals surface area (Å²) in [5, 5.41) is 23.0. The highest BCUT2D eigenvalue weighted by Gasteiger charge is 2.51. The van der Waals surface area contributed by atoms with Crippen LogP contribution in [0.25, 0.3) is 22.5 Å². The number of methoxy groups -OCH3 is 2. The van der Waals surface area contributed by atoms with Crippen LogP contribution in [-0.4, -0.2) is 57.5 Å². The highest BCUT2D eigenvalue weighted by molar-refractivity contribution is 6.03. The van der Waals surface area contributed by atoms with E-state index in [1.165, 1.54) is 0 Å². The van der Waals surface area contributed by atoms with E-state index < -0.39 is 0 Å². The summed E-state index contributed by atoms with van der Waals surface area (Å²) in [5.74, 6) is 2.15. The Morgan fingerprint density at radius 2 is 1.61 bits per heavy atom. The van der Waals surface area contributed by atoms with Crippen LogP contribution >= 0.6 is 0 Å². The van der Waals surface area contributed by atoms with Crippen LogP contribution in [0.5, 0.6) is 11.8 Å². The van der Waals surface area contributed by atoms with Crippen LogP contribution in [-0.2, 0) is 11.4 Å². The predicted octanol–water partition coefficient (Wildman–Crippen LogP) is 5.03. The number of fused-ring (bicyclic) bond motifs is 1. The number of unbranched alkanes of at least 4 members (excludes halogenated alkanes) is 1. The molecule has 2 aromatic heterocycles. The molecule has 1 aliphatic rings. The van der Waals surface area contributed by atoms with Crippen molar-refractivity contribution in [3.63, 3.8) is 0 Å². The van der Waals surface area contributed by atoms with Gasteiger partial charge in [0.25, 0.3) is 11.6 Å². The number of nitrogens with zero attached hydrogens (tertiary/aromatic N) is 7. The van der Waals surface area contributed by atoms with Gasteiger partial charge in [0.2, 0.25) is 17.3 Å². The molecule has 1 N–H and O–H groups in total. The lowest BCUT2D eigenvalue weighted by atomic mass is 9.98. The van der Waals surface area contributed by atoms with E-state index in [9.17, 15) is 0 Å². The zero-order valence-electron chi connectivity index (χ0n) is 22.0. The Morgan fingerprint density at radius 1 is 0.868 bits per heavy atom. The van der Waals surface area contributed by atoms with E-state index in [0.29, 0.717) is 42.1 Å². The number of benzene rings is 2. The summed E-state index contributed by atoms with van der Waals surface area (Å²) in [4.78, 5) is 11.5. The van der Waals surface area contributed by atoms with Gasteiger partial charge in [-0.2, -0.15) is 15.0 Å². The van der Waals surface area contributed by atoms with Crippen LogP contribution in [0.4, 0.5) is 11.4 Å². The van der Waals surface area contributed by atoms with Gasteiger partial charge in [0, 0.05) is 17.5 Å². The molecule has 3 heterocycles. The minimum atomic E-state index is 0.0552. The fraction of sp³-hybridized carbons (Fsp3) is 0.333. The summed E-state index contributed by atoms with van der Waals surface area (Å²) in [7, 11) is 3.15. The third kappa shape index (κ3) is 4.50. The van der Waals surface area contributed by atoms with E-state index in [1.54, 1.807) is 14.2 Å². The van der Waals surface area contributed by atoms with Crippen molar-refractivity contribution in [3.05, 3.63) is 54.1 Å². The molecule has 4 aromatic rings. The maximum atomic E-state index is 6.53. The zero-order chi connectivity index (χ0) is 26.5. The fourth-order valence-corrected chi connectivity index (χ4v) is 4.83. The normalized spacial score (nSPS) is 16.3. The number of hydrogen-bond acceptors (Lipinski definition) is 9. The molecule has 0 saturated carbocycles. The minimum absolute atomic E-state index is 0.0552. The molecule has 2 aromatic carbocycles. The Morgan fingerprint density at radius 3 is 2.26 bits per heavy atom. The number of aromatic amines is 1. The molecular weight excluding hydrogens is 484 g/mol. The lowest BCUT2D eigenvalue weighted by Gasteiger charge is -2.32. The summed E-state index contributed by atoms with van der Waals surface area (Å²) in [6.45, 7) is 5.11.